The van der Waals surface area contributed by atoms with Gasteiger partial charge in [0.05, 0.1) is 10.2 Å². The van der Waals surface area contributed by atoms with Crippen LogP contribution in [0.1, 0.15) is 6.42 Å². The highest BCUT2D eigenvalue weighted by Gasteiger charge is 2.34. The maximum Gasteiger partial charge on any atom is 0.251 e. The molecule has 1 saturated heterocycles. The molecule has 0 radical (unpaired) electrons. The molecular weight excluding hydrogens is 316 g/mol. The first kappa shape index (κ1) is 13.8. The minimum atomic E-state index is -1.01. The summed E-state index contributed by atoms with van der Waals surface area (Å²) in [5.74, 6) is -2.47. The number of rotatable bonds is 3. The summed E-state index contributed by atoms with van der Waals surface area (Å²) in [6.45, 7) is 0. The molecule has 1 aliphatic heterocycles. The molecule has 21 heavy (non-hydrogen) atoms. The Morgan fingerprint density at radius 3 is 2.76 bits per heavy atom. The van der Waals surface area contributed by atoms with Crippen LogP contribution in [0.5, 0.6) is 0 Å². The molecule has 0 aliphatic carbocycles. The summed E-state index contributed by atoms with van der Waals surface area (Å²) in [5.41, 5.74) is 5.06. The average molecular weight is 325 g/mol. The number of benzene rings is 1. The van der Waals surface area contributed by atoms with Crippen molar-refractivity contribution in [2.45, 2.75) is 6.42 Å². The molecule has 1 fully saturated rings. The maximum absolute atomic E-state index is 11.9. The topological polar surface area (TPSA) is 100 Å². The summed E-state index contributed by atoms with van der Waals surface area (Å²) in [6, 6.07) is 5.21. The van der Waals surface area contributed by atoms with Crippen LogP contribution in [0.4, 0.5) is 5.13 Å². The summed E-state index contributed by atoms with van der Waals surface area (Å²) >= 11 is 7.15. The first-order valence-electron chi connectivity index (χ1n) is 5.98. The van der Waals surface area contributed by atoms with Crippen molar-refractivity contribution in [2.24, 2.45) is 5.92 Å². The lowest BCUT2D eigenvalue weighted by Gasteiger charge is -2.03. The molecular formula is C12H9ClN4O3S. The van der Waals surface area contributed by atoms with E-state index < -0.39 is 23.6 Å². The highest BCUT2D eigenvalue weighted by atomic mass is 35.5. The third-order valence-corrected chi connectivity index (χ3v) is 4.10. The van der Waals surface area contributed by atoms with Gasteiger partial charge in [0.2, 0.25) is 5.91 Å². The maximum atomic E-state index is 11.9. The number of anilines is 1. The lowest BCUT2D eigenvalue weighted by molar-refractivity contribution is -0.131. The molecule has 1 aromatic heterocycles. The van der Waals surface area contributed by atoms with Crippen molar-refractivity contribution in [1.29, 1.82) is 0 Å². The molecule has 3 amide bonds. The number of hydrazine groups is 1. The van der Waals surface area contributed by atoms with Crippen LogP contribution in [0.25, 0.3) is 10.2 Å². The van der Waals surface area contributed by atoms with Crippen LogP contribution in [0.3, 0.4) is 0 Å². The molecule has 108 valence electrons. The van der Waals surface area contributed by atoms with Gasteiger partial charge in [-0.15, -0.1) is 0 Å². The fourth-order valence-electron chi connectivity index (χ4n) is 1.91. The van der Waals surface area contributed by atoms with E-state index in [2.05, 4.69) is 21.2 Å². The Morgan fingerprint density at radius 1 is 1.33 bits per heavy atom. The van der Waals surface area contributed by atoms with Crippen molar-refractivity contribution in [3.63, 3.8) is 0 Å². The lowest BCUT2D eigenvalue weighted by Crippen LogP contribution is -2.28. The van der Waals surface area contributed by atoms with Crippen molar-refractivity contribution >= 4 is 56.0 Å². The van der Waals surface area contributed by atoms with Crippen LogP contribution >= 0.6 is 22.9 Å². The molecule has 0 bridgehead atoms. The smallest absolute Gasteiger partial charge is 0.251 e. The minimum absolute atomic E-state index is 0.228. The molecule has 0 spiro atoms. The van der Waals surface area contributed by atoms with E-state index >= 15 is 0 Å². The fraction of sp³-hybridized carbons (Fsp3) is 0.167. The second-order valence-electron chi connectivity index (χ2n) is 4.41. The largest absolute Gasteiger partial charge is 0.302 e. The van der Waals surface area contributed by atoms with E-state index in [1.807, 2.05) is 0 Å². The van der Waals surface area contributed by atoms with Crippen molar-refractivity contribution < 1.29 is 14.4 Å². The number of thiazole rings is 1. The molecule has 1 aromatic carbocycles. The third-order valence-electron chi connectivity index (χ3n) is 2.93. The Morgan fingerprint density at radius 2 is 2.05 bits per heavy atom. The van der Waals surface area contributed by atoms with Crippen LogP contribution in [0.2, 0.25) is 5.02 Å². The number of nitrogens with one attached hydrogen (secondary N) is 3. The van der Waals surface area contributed by atoms with Crippen LogP contribution in [0.15, 0.2) is 18.2 Å². The van der Waals surface area contributed by atoms with Crippen LogP contribution in [-0.2, 0) is 14.4 Å². The highest BCUT2D eigenvalue weighted by molar-refractivity contribution is 7.22. The third kappa shape index (κ3) is 2.81. The van der Waals surface area contributed by atoms with Crippen molar-refractivity contribution in [3.05, 3.63) is 23.2 Å². The molecule has 0 atom stereocenters. The van der Waals surface area contributed by atoms with Gasteiger partial charge in [0.1, 0.15) is 5.92 Å². The Hall–Kier alpha value is -2.19. The number of aromatic nitrogens is 1. The van der Waals surface area contributed by atoms with Gasteiger partial charge in [-0.1, -0.05) is 22.9 Å². The summed E-state index contributed by atoms with van der Waals surface area (Å²) in [5, 5.41) is 3.57. The number of carbonyl (C=O) groups excluding carboxylic acids is 3. The molecule has 2 aromatic rings. The van der Waals surface area contributed by atoms with Gasteiger partial charge < -0.3 is 5.32 Å². The normalized spacial score (nSPS) is 15.1. The molecule has 0 unspecified atom stereocenters. The van der Waals surface area contributed by atoms with Crippen LogP contribution in [0, 0.1) is 5.92 Å². The van der Waals surface area contributed by atoms with E-state index in [0.717, 1.165) is 10.2 Å². The summed E-state index contributed by atoms with van der Waals surface area (Å²) in [4.78, 5) is 38.8. The quantitative estimate of drug-likeness (QED) is 0.735. The molecule has 1 aliphatic rings. The van der Waals surface area contributed by atoms with E-state index in [0.29, 0.717) is 10.2 Å². The van der Waals surface area contributed by atoms with E-state index in [1.165, 1.54) is 11.3 Å². The first-order chi connectivity index (χ1) is 10.0. The number of hydrogen-bond donors (Lipinski definition) is 3. The Labute approximate surface area is 127 Å². The predicted octanol–water partition coefficient (Wildman–Crippen LogP) is 1.06. The lowest BCUT2D eigenvalue weighted by atomic mass is 10.1. The van der Waals surface area contributed by atoms with Gasteiger partial charge in [0.25, 0.3) is 11.8 Å². The SMILES string of the molecule is O=C(CC1C(=O)NNC1=O)Nc1nc2ccc(Cl)cc2s1. The molecule has 3 rings (SSSR count). The van der Waals surface area contributed by atoms with E-state index in [-0.39, 0.29) is 6.42 Å². The zero-order valence-corrected chi connectivity index (χ0v) is 12.0. The standard InChI is InChI=1S/C12H9ClN4O3S/c13-5-1-2-7-8(3-5)21-12(14-7)15-9(18)4-6-10(19)16-17-11(6)20/h1-3,6H,4H2,(H,16,19)(H,17,20)(H,14,15,18). The second-order valence-corrected chi connectivity index (χ2v) is 5.88. The van der Waals surface area contributed by atoms with Crippen molar-refractivity contribution in [3.8, 4) is 0 Å². The first-order valence-corrected chi connectivity index (χ1v) is 7.18. The summed E-state index contributed by atoms with van der Waals surface area (Å²) in [7, 11) is 0. The van der Waals surface area contributed by atoms with Gasteiger partial charge in [-0.2, -0.15) is 0 Å². The number of carbonyl (C=O) groups is 3. The van der Waals surface area contributed by atoms with Crippen molar-refractivity contribution in [1.82, 2.24) is 15.8 Å². The van der Waals surface area contributed by atoms with E-state index in [9.17, 15) is 14.4 Å². The zero-order chi connectivity index (χ0) is 15.0. The molecule has 3 N–H and O–H groups in total. The number of nitrogens with zero attached hydrogens (tertiary/aromatic N) is 1. The zero-order valence-electron chi connectivity index (χ0n) is 10.5. The Bertz CT molecular complexity index is 744. The molecule has 9 heteroatoms. The molecule has 7 nitrogen and oxygen atoms in total. The van der Waals surface area contributed by atoms with Gasteiger partial charge in [-0.3, -0.25) is 25.2 Å². The summed E-state index contributed by atoms with van der Waals surface area (Å²) < 4.78 is 0.842. The van der Waals surface area contributed by atoms with Gasteiger partial charge in [-0.05, 0) is 18.2 Å². The Kier molecular flexibility index (Phi) is 3.48. The van der Waals surface area contributed by atoms with E-state index in [4.69, 9.17) is 11.6 Å². The van der Waals surface area contributed by atoms with Crippen LogP contribution < -0.4 is 16.2 Å². The number of halogens is 1. The van der Waals surface area contributed by atoms with Crippen LogP contribution in [-0.4, -0.2) is 22.7 Å². The van der Waals surface area contributed by atoms with Gasteiger partial charge in [0.15, 0.2) is 5.13 Å². The van der Waals surface area contributed by atoms with Gasteiger partial charge in [0, 0.05) is 11.4 Å². The van der Waals surface area contributed by atoms with Gasteiger partial charge in [-0.25, -0.2) is 4.98 Å². The monoisotopic (exact) mass is 324 g/mol. The van der Waals surface area contributed by atoms with Gasteiger partial charge >= 0.3 is 0 Å². The Balaban J connectivity index is 1.71. The number of hydrogen-bond acceptors (Lipinski definition) is 5. The molecule has 0 saturated carbocycles. The minimum Gasteiger partial charge on any atom is -0.302 e. The average Bonchev–Trinajstić information content (AvgIpc) is 2.95. The predicted molar refractivity (Wildman–Crippen MR) is 77.7 cm³/mol. The fourth-order valence-corrected chi connectivity index (χ4v) is 3.07. The second kappa shape index (κ2) is 5.30. The highest BCUT2D eigenvalue weighted by Crippen LogP contribution is 2.28. The molecule has 2 heterocycles. The summed E-state index contributed by atoms with van der Waals surface area (Å²) in [6.07, 6.45) is -0.228. The number of amides is 3. The number of fused-ring (bicyclic) bond motifs is 1. The van der Waals surface area contributed by atoms with E-state index in [1.54, 1.807) is 18.2 Å². The van der Waals surface area contributed by atoms with Crippen molar-refractivity contribution in [2.75, 3.05) is 5.32 Å².